The molecule has 0 saturated heterocycles. The first kappa shape index (κ1) is 16.7. The molecule has 1 aromatic rings. The van der Waals surface area contributed by atoms with Gasteiger partial charge in [-0.05, 0) is 19.1 Å². The van der Waals surface area contributed by atoms with Crippen LogP contribution in [0.3, 0.4) is 0 Å². The van der Waals surface area contributed by atoms with E-state index in [0.29, 0.717) is 0 Å². The highest BCUT2D eigenvalue weighted by molar-refractivity contribution is 6.02. The summed E-state index contributed by atoms with van der Waals surface area (Å²) in [5.41, 5.74) is 0.427. The summed E-state index contributed by atoms with van der Waals surface area (Å²) < 4.78 is 0. The van der Waals surface area contributed by atoms with Gasteiger partial charge in [-0.3, -0.25) is 9.59 Å². The highest BCUT2D eigenvalue weighted by Crippen LogP contribution is 2.17. The van der Waals surface area contributed by atoms with E-state index in [1.807, 2.05) is 0 Å². The second kappa shape index (κ2) is 6.39. The molecule has 0 aliphatic carbocycles. The zero-order chi connectivity index (χ0) is 16.2. The average Bonchev–Trinajstić information content (AvgIpc) is 2.36. The maximum absolute atomic E-state index is 11.8. The van der Waals surface area contributed by atoms with Crippen LogP contribution in [0.4, 0.5) is 5.69 Å². The fraction of sp³-hybridized carbons (Fsp3) is 0.400. The lowest BCUT2D eigenvalue weighted by atomic mass is 9.96. The molecule has 0 aliphatic rings. The molecular weight excluding hydrogens is 272 g/mol. The number of hydrogen-bond donors (Lipinski definition) is 3. The van der Waals surface area contributed by atoms with Gasteiger partial charge in [0.2, 0.25) is 11.8 Å². The number of carbonyl (C=O) groups is 3. The molecule has 0 atom stereocenters. The van der Waals surface area contributed by atoms with Crippen molar-refractivity contribution in [2.45, 2.75) is 27.7 Å². The van der Waals surface area contributed by atoms with Crippen molar-refractivity contribution in [2.75, 3.05) is 11.9 Å². The summed E-state index contributed by atoms with van der Waals surface area (Å²) in [7, 11) is 0. The summed E-state index contributed by atoms with van der Waals surface area (Å²) >= 11 is 0. The SMILES string of the molecule is Cc1ccc(NC(=O)CNC(=O)C(C)(C)C)c(C(=O)O)c1. The maximum atomic E-state index is 11.8. The molecule has 21 heavy (non-hydrogen) atoms. The Morgan fingerprint density at radius 2 is 1.81 bits per heavy atom. The predicted molar refractivity (Wildman–Crippen MR) is 79.2 cm³/mol. The molecule has 1 aromatic carbocycles. The van der Waals surface area contributed by atoms with Crippen LogP contribution >= 0.6 is 0 Å². The van der Waals surface area contributed by atoms with Gasteiger partial charge in [0.1, 0.15) is 0 Å². The number of carboxylic acid groups (broad SMARTS) is 1. The van der Waals surface area contributed by atoms with Crippen molar-refractivity contribution in [2.24, 2.45) is 5.41 Å². The molecule has 0 heterocycles. The molecule has 3 N–H and O–H groups in total. The minimum absolute atomic E-state index is 0.0190. The van der Waals surface area contributed by atoms with Gasteiger partial charge in [-0.2, -0.15) is 0 Å². The topological polar surface area (TPSA) is 95.5 Å². The number of aromatic carboxylic acids is 1. The van der Waals surface area contributed by atoms with Gasteiger partial charge < -0.3 is 15.7 Å². The average molecular weight is 292 g/mol. The van der Waals surface area contributed by atoms with Gasteiger partial charge in [-0.1, -0.05) is 32.4 Å². The third kappa shape index (κ3) is 4.91. The van der Waals surface area contributed by atoms with Crippen LogP contribution in [0.5, 0.6) is 0 Å². The Morgan fingerprint density at radius 1 is 1.19 bits per heavy atom. The minimum Gasteiger partial charge on any atom is -0.478 e. The number of anilines is 1. The third-order valence-corrected chi connectivity index (χ3v) is 2.77. The standard InChI is InChI=1S/C15H20N2O4/c1-9-5-6-11(10(7-9)13(19)20)17-12(18)8-16-14(21)15(2,3)4/h5-7H,8H2,1-4H3,(H,16,21)(H,17,18)(H,19,20). The first-order valence-corrected chi connectivity index (χ1v) is 6.53. The molecule has 0 spiro atoms. The van der Waals surface area contributed by atoms with Crippen LogP contribution in [-0.2, 0) is 9.59 Å². The van der Waals surface area contributed by atoms with Crippen LogP contribution in [0.25, 0.3) is 0 Å². The van der Waals surface area contributed by atoms with Crippen LogP contribution in [0.1, 0.15) is 36.7 Å². The molecule has 6 nitrogen and oxygen atoms in total. The molecule has 6 heteroatoms. The lowest BCUT2D eigenvalue weighted by Gasteiger charge is -2.17. The van der Waals surface area contributed by atoms with E-state index in [1.165, 1.54) is 12.1 Å². The number of amides is 2. The van der Waals surface area contributed by atoms with Crippen molar-refractivity contribution >= 4 is 23.5 Å². The second-order valence-corrected chi connectivity index (χ2v) is 5.84. The van der Waals surface area contributed by atoms with Crippen LogP contribution in [0, 0.1) is 12.3 Å². The number of nitrogens with one attached hydrogen (secondary N) is 2. The molecule has 2 amide bonds. The van der Waals surface area contributed by atoms with Crippen molar-refractivity contribution in [3.63, 3.8) is 0 Å². The van der Waals surface area contributed by atoms with E-state index in [-0.39, 0.29) is 23.7 Å². The summed E-state index contributed by atoms with van der Waals surface area (Å²) in [6.45, 7) is 6.78. The Hall–Kier alpha value is -2.37. The molecule has 0 radical (unpaired) electrons. The molecule has 0 unspecified atom stereocenters. The molecule has 0 bridgehead atoms. The second-order valence-electron chi connectivity index (χ2n) is 5.84. The molecular formula is C15H20N2O4. The van der Waals surface area contributed by atoms with Crippen LogP contribution < -0.4 is 10.6 Å². The first-order valence-electron chi connectivity index (χ1n) is 6.53. The lowest BCUT2D eigenvalue weighted by molar-refractivity contribution is -0.130. The number of carboxylic acids is 1. The van der Waals surface area contributed by atoms with Gasteiger partial charge in [0.05, 0.1) is 17.8 Å². The van der Waals surface area contributed by atoms with Crippen LogP contribution in [-0.4, -0.2) is 29.4 Å². The minimum atomic E-state index is -1.12. The van der Waals surface area contributed by atoms with Crippen molar-refractivity contribution in [3.05, 3.63) is 29.3 Å². The zero-order valence-corrected chi connectivity index (χ0v) is 12.6. The molecule has 0 aliphatic heterocycles. The van der Waals surface area contributed by atoms with E-state index in [4.69, 9.17) is 5.11 Å². The summed E-state index contributed by atoms with van der Waals surface area (Å²) in [5, 5.41) is 14.1. The number of benzene rings is 1. The van der Waals surface area contributed by atoms with Gasteiger partial charge in [-0.15, -0.1) is 0 Å². The van der Waals surface area contributed by atoms with Crippen LogP contribution in [0.2, 0.25) is 0 Å². The molecule has 0 saturated carbocycles. The van der Waals surface area contributed by atoms with Gasteiger partial charge >= 0.3 is 5.97 Å². The van der Waals surface area contributed by atoms with Gasteiger partial charge in [0.25, 0.3) is 0 Å². The van der Waals surface area contributed by atoms with E-state index in [9.17, 15) is 14.4 Å². The highest BCUT2D eigenvalue weighted by atomic mass is 16.4. The Bertz CT molecular complexity index is 574. The summed E-state index contributed by atoms with van der Waals surface area (Å²) in [4.78, 5) is 34.6. The van der Waals surface area contributed by atoms with Crippen molar-refractivity contribution in [1.82, 2.24) is 5.32 Å². The maximum Gasteiger partial charge on any atom is 0.337 e. The largest absolute Gasteiger partial charge is 0.478 e. The quantitative estimate of drug-likeness (QED) is 0.788. The van der Waals surface area contributed by atoms with E-state index in [0.717, 1.165) is 5.56 Å². The fourth-order valence-corrected chi connectivity index (χ4v) is 1.56. The predicted octanol–water partition coefficient (Wildman–Crippen LogP) is 1.79. The molecule has 1 rings (SSSR count). The Morgan fingerprint density at radius 3 is 2.33 bits per heavy atom. The molecule has 0 aromatic heterocycles. The van der Waals surface area contributed by atoms with E-state index < -0.39 is 17.3 Å². The van der Waals surface area contributed by atoms with E-state index in [2.05, 4.69) is 10.6 Å². The van der Waals surface area contributed by atoms with Gasteiger partial charge in [-0.25, -0.2) is 4.79 Å². The van der Waals surface area contributed by atoms with Gasteiger partial charge in [0, 0.05) is 5.41 Å². The smallest absolute Gasteiger partial charge is 0.337 e. The zero-order valence-electron chi connectivity index (χ0n) is 12.6. The summed E-state index contributed by atoms with van der Waals surface area (Å²) in [5.74, 6) is -1.84. The normalized spacial score (nSPS) is 10.9. The van der Waals surface area contributed by atoms with Crippen molar-refractivity contribution in [3.8, 4) is 0 Å². The monoisotopic (exact) mass is 292 g/mol. The molecule has 0 fully saturated rings. The lowest BCUT2D eigenvalue weighted by Crippen LogP contribution is -2.39. The Labute approximate surface area is 123 Å². The number of hydrogen-bond acceptors (Lipinski definition) is 3. The van der Waals surface area contributed by atoms with Gasteiger partial charge in [0.15, 0.2) is 0 Å². The Balaban J connectivity index is 2.72. The summed E-state index contributed by atoms with van der Waals surface area (Å²) in [6.07, 6.45) is 0. The van der Waals surface area contributed by atoms with E-state index >= 15 is 0 Å². The van der Waals surface area contributed by atoms with Crippen molar-refractivity contribution in [1.29, 1.82) is 0 Å². The highest BCUT2D eigenvalue weighted by Gasteiger charge is 2.21. The van der Waals surface area contributed by atoms with Crippen LogP contribution in [0.15, 0.2) is 18.2 Å². The molecule has 114 valence electrons. The van der Waals surface area contributed by atoms with E-state index in [1.54, 1.807) is 33.8 Å². The Kier molecular flexibility index (Phi) is 5.07. The van der Waals surface area contributed by atoms with Crippen molar-refractivity contribution < 1.29 is 19.5 Å². The third-order valence-electron chi connectivity index (χ3n) is 2.77. The fourth-order valence-electron chi connectivity index (χ4n) is 1.56. The first-order chi connectivity index (χ1) is 9.61. The summed E-state index contributed by atoms with van der Waals surface area (Å²) in [6, 6.07) is 4.71. The number of rotatable bonds is 4. The number of aryl methyl sites for hydroxylation is 1. The number of carbonyl (C=O) groups excluding carboxylic acids is 2.